The van der Waals surface area contributed by atoms with E-state index in [0.29, 0.717) is 9.75 Å². The zero-order valence-corrected chi connectivity index (χ0v) is 11.9. The summed E-state index contributed by atoms with van der Waals surface area (Å²) < 4.78 is 0. The molecule has 3 N–H and O–H groups in total. The lowest BCUT2D eigenvalue weighted by atomic mass is 10.2. The van der Waals surface area contributed by atoms with Gasteiger partial charge in [0.15, 0.2) is 0 Å². The maximum Gasteiger partial charge on any atom is 0.328 e. The van der Waals surface area contributed by atoms with E-state index in [0.717, 1.165) is 11.6 Å². The number of amides is 1. The number of aliphatic hydroxyl groups excluding tert-OH is 2. The van der Waals surface area contributed by atoms with Gasteiger partial charge in [0.25, 0.3) is 5.91 Å². The number of hydrogen-bond acceptors (Lipinski definition) is 5. The first-order chi connectivity index (χ1) is 9.49. The number of carbonyl (C=O) groups excluding carboxylic acids is 1. The first-order valence-electron chi connectivity index (χ1n) is 6.02. The highest BCUT2D eigenvalue weighted by atomic mass is 32.1. The average Bonchev–Trinajstić information content (AvgIpc) is 2.76. The van der Waals surface area contributed by atoms with Crippen LogP contribution in [0.5, 0.6) is 0 Å². The maximum absolute atomic E-state index is 12.2. The number of hydrogen-bond donors (Lipinski definition) is 3. The first-order valence-corrected chi connectivity index (χ1v) is 6.83. The Morgan fingerprint density at radius 1 is 1.30 bits per heavy atom. The number of carboxylic acid groups (broad SMARTS) is 1. The molecule has 1 rings (SSSR count). The van der Waals surface area contributed by atoms with E-state index < -0.39 is 5.97 Å². The van der Waals surface area contributed by atoms with Crippen LogP contribution in [-0.4, -0.2) is 58.4 Å². The molecule has 0 radical (unpaired) electrons. The summed E-state index contributed by atoms with van der Waals surface area (Å²) in [5.74, 6) is -1.33. The first kappa shape index (κ1) is 16.4. The van der Waals surface area contributed by atoms with Gasteiger partial charge in [0.1, 0.15) is 0 Å². The molecule has 1 aromatic heterocycles. The molecule has 0 saturated carbocycles. The second kappa shape index (κ2) is 7.78. The van der Waals surface area contributed by atoms with Crippen molar-refractivity contribution in [1.82, 2.24) is 4.90 Å². The zero-order valence-electron chi connectivity index (χ0n) is 11.1. The van der Waals surface area contributed by atoms with E-state index in [1.165, 1.54) is 22.3 Å². The summed E-state index contributed by atoms with van der Waals surface area (Å²) in [5.41, 5.74) is 0.809. The second-order valence-corrected chi connectivity index (χ2v) is 5.15. The van der Waals surface area contributed by atoms with Gasteiger partial charge in [-0.25, -0.2) is 4.79 Å². The third-order valence-corrected chi connectivity index (χ3v) is 3.76. The summed E-state index contributed by atoms with van der Waals surface area (Å²) in [5, 5.41) is 26.4. The van der Waals surface area contributed by atoms with Crippen molar-refractivity contribution < 1.29 is 24.9 Å². The van der Waals surface area contributed by atoms with Crippen molar-refractivity contribution in [2.75, 3.05) is 26.3 Å². The quantitative estimate of drug-likeness (QED) is 0.640. The monoisotopic (exact) mass is 299 g/mol. The van der Waals surface area contributed by atoms with Crippen molar-refractivity contribution in [3.05, 3.63) is 27.5 Å². The molecule has 0 spiro atoms. The lowest BCUT2D eigenvalue weighted by Gasteiger charge is -2.19. The minimum absolute atomic E-state index is 0.149. The highest BCUT2D eigenvalue weighted by Crippen LogP contribution is 2.24. The van der Waals surface area contributed by atoms with Crippen LogP contribution in [0.1, 0.15) is 20.1 Å². The van der Waals surface area contributed by atoms with Crippen LogP contribution in [0, 0.1) is 6.92 Å². The Morgan fingerprint density at radius 2 is 1.90 bits per heavy atom. The molecule has 0 unspecified atom stereocenters. The van der Waals surface area contributed by atoms with Crippen molar-refractivity contribution in [1.29, 1.82) is 0 Å². The lowest BCUT2D eigenvalue weighted by molar-refractivity contribution is -0.131. The number of aliphatic carboxylic acids is 1. The van der Waals surface area contributed by atoms with Crippen LogP contribution in [-0.2, 0) is 4.79 Å². The van der Waals surface area contributed by atoms with Crippen LogP contribution < -0.4 is 0 Å². The zero-order chi connectivity index (χ0) is 15.1. The largest absolute Gasteiger partial charge is 0.478 e. The molecule has 0 saturated heterocycles. The Labute approximate surface area is 120 Å². The van der Waals surface area contributed by atoms with E-state index in [9.17, 15) is 9.59 Å². The fourth-order valence-corrected chi connectivity index (χ4v) is 2.67. The van der Waals surface area contributed by atoms with Crippen LogP contribution in [0.2, 0.25) is 0 Å². The molecular formula is C13H17NO5S. The van der Waals surface area contributed by atoms with Gasteiger partial charge in [0, 0.05) is 24.0 Å². The Morgan fingerprint density at radius 3 is 2.40 bits per heavy atom. The van der Waals surface area contributed by atoms with Gasteiger partial charge >= 0.3 is 5.97 Å². The summed E-state index contributed by atoms with van der Waals surface area (Å²) in [6.07, 6.45) is 2.47. The van der Waals surface area contributed by atoms with Gasteiger partial charge in [-0.3, -0.25) is 4.79 Å². The Balaban J connectivity index is 2.93. The predicted molar refractivity (Wildman–Crippen MR) is 75.8 cm³/mol. The van der Waals surface area contributed by atoms with Crippen molar-refractivity contribution >= 4 is 29.3 Å². The van der Waals surface area contributed by atoms with Crippen LogP contribution in [0.3, 0.4) is 0 Å². The minimum atomic E-state index is -1.05. The molecular weight excluding hydrogens is 282 g/mol. The molecule has 1 aromatic rings. The smallest absolute Gasteiger partial charge is 0.328 e. The van der Waals surface area contributed by atoms with Gasteiger partial charge in [-0.2, -0.15) is 0 Å². The number of thiophene rings is 1. The van der Waals surface area contributed by atoms with Crippen LogP contribution in [0.15, 0.2) is 12.1 Å². The number of carboxylic acids is 1. The van der Waals surface area contributed by atoms with Crippen molar-refractivity contribution in [2.45, 2.75) is 6.92 Å². The SMILES string of the molecule is Cc1cc(C(=O)N(CCO)CCO)sc1/C=C/C(=O)O. The maximum atomic E-state index is 12.2. The van der Waals surface area contributed by atoms with E-state index in [1.54, 1.807) is 13.0 Å². The highest BCUT2D eigenvalue weighted by molar-refractivity contribution is 7.15. The summed E-state index contributed by atoms with van der Waals surface area (Å²) in [7, 11) is 0. The molecule has 0 aliphatic rings. The van der Waals surface area contributed by atoms with E-state index in [-0.39, 0.29) is 32.2 Å². The third kappa shape index (κ3) is 4.44. The topological polar surface area (TPSA) is 98.1 Å². The van der Waals surface area contributed by atoms with Gasteiger partial charge in [-0.15, -0.1) is 11.3 Å². The molecule has 110 valence electrons. The Kier molecular flexibility index (Phi) is 6.37. The number of nitrogens with zero attached hydrogens (tertiary/aromatic N) is 1. The Hall–Kier alpha value is -1.70. The molecule has 1 heterocycles. The molecule has 0 aliphatic carbocycles. The number of carbonyl (C=O) groups is 2. The summed E-state index contributed by atoms with van der Waals surface area (Å²) in [4.78, 5) is 25.2. The minimum Gasteiger partial charge on any atom is -0.478 e. The molecule has 7 heteroatoms. The van der Waals surface area contributed by atoms with Crippen molar-refractivity contribution in [3.63, 3.8) is 0 Å². The highest BCUT2D eigenvalue weighted by Gasteiger charge is 2.18. The second-order valence-electron chi connectivity index (χ2n) is 4.07. The molecule has 6 nitrogen and oxygen atoms in total. The summed E-state index contributed by atoms with van der Waals surface area (Å²) in [6, 6.07) is 1.68. The van der Waals surface area contributed by atoms with Gasteiger partial charge < -0.3 is 20.2 Å². The fraction of sp³-hybridized carbons (Fsp3) is 0.385. The molecule has 1 amide bonds. The van der Waals surface area contributed by atoms with Crippen LogP contribution in [0.4, 0.5) is 0 Å². The van der Waals surface area contributed by atoms with Crippen molar-refractivity contribution in [3.8, 4) is 0 Å². The standard InChI is InChI=1S/C13H17NO5S/c1-9-8-11(20-10(9)2-3-12(17)18)13(19)14(4-6-15)5-7-16/h2-3,8,15-16H,4-7H2,1H3,(H,17,18)/b3-2+. The number of rotatable bonds is 7. The lowest BCUT2D eigenvalue weighted by Crippen LogP contribution is -2.35. The number of aliphatic hydroxyl groups is 2. The Bertz CT molecular complexity index is 503. The van der Waals surface area contributed by atoms with Gasteiger partial charge in [0.2, 0.25) is 0 Å². The molecule has 0 aromatic carbocycles. The van der Waals surface area contributed by atoms with Gasteiger partial charge in [-0.05, 0) is 24.6 Å². The summed E-state index contributed by atoms with van der Waals surface area (Å²) in [6.45, 7) is 1.73. The van der Waals surface area contributed by atoms with E-state index >= 15 is 0 Å². The summed E-state index contributed by atoms with van der Waals surface area (Å²) >= 11 is 1.19. The predicted octanol–water partition coefficient (Wildman–Crippen LogP) is 0.581. The molecule has 0 bridgehead atoms. The molecule has 0 atom stereocenters. The van der Waals surface area contributed by atoms with E-state index in [2.05, 4.69) is 0 Å². The molecule has 0 fully saturated rings. The van der Waals surface area contributed by atoms with Gasteiger partial charge in [-0.1, -0.05) is 0 Å². The molecule has 0 aliphatic heterocycles. The normalized spacial score (nSPS) is 10.9. The van der Waals surface area contributed by atoms with Crippen molar-refractivity contribution in [2.24, 2.45) is 0 Å². The fourth-order valence-electron chi connectivity index (χ4n) is 1.63. The van der Waals surface area contributed by atoms with E-state index in [1.807, 2.05) is 0 Å². The van der Waals surface area contributed by atoms with Crippen LogP contribution in [0.25, 0.3) is 6.08 Å². The average molecular weight is 299 g/mol. The van der Waals surface area contributed by atoms with Gasteiger partial charge in [0.05, 0.1) is 18.1 Å². The van der Waals surface area contributed by atoms with Crippen LogP contribution >= 0.6 is 11.3 Å². The van der Waals surface area contributed by atoms with E-state index in [4.69, 9.17) is 15.3 Å². The number of aryl methyl sites for hydroxylation is 1. The molecule has 20 heavy (non-hydrogen) atoms. The third-order valence-electron chi connectivity index (χ3n) is 2.57.